The summed E-state index contributed by atoms with van der Waals surface area (Å²) in [7, 11) is 0. The second kappa shape index (κ2) is 5.39. The first-order valence-corrected chi connectivity index (χ1v) is 4.70. The number of nitrogens with zero attached hydrogens (tertiary/aromatic N) is 1. The van der Waals surface area contributed by atoms with Crippen molar-refractivity contribution in [2.45, 2.75) is 12.7 Å². The molecule has 0 heterocycles. The minimum absolute atomic E-state index is 0.144. The fourth-order valence-corrected chi connectivity index (χ4v) is 1.06. The minimum Gasteiger partial charge on any atom is -0.349 e. The lowest BCUT2D eigenvalue weighted by molar-refractivity contribution is -0.229. The minimum atomic E-state index is -5.19. The number of hydrogen-bond acceptors (Lipinski definition) is 3. The summed E-state index contributed by atoms with van der Waals surface area (Å²) >= 11 is 0. The maximum Gasteiger partial charge on any atom is 0.493 e. The number of hydrogen-bond donors (Lipinski definition) is 1. The molecule has 98 valence electrons. The highest BCUT2D eigenvalue weighted by atomic mass is 19.4. The number of halogens is 3. The Bertz CT molecular complexity index is 434. The van der Waals surface area contributed by atoms with Crippen molar-refractivity contribution in [3.8, 4) is 0 Å². The molecule has 1 aromatic rings. The van der Waals surface area contributed by atoms with Crippen LogP contribution in [0.15, 0.2) is 30.3 Å². The van der Waals surface area contributed by atoms with Gasteiger partial charge in [0.1, 0.15) is 0 Å². The Hall–Kier alpha value is -2.25. The molecule has 0 radical (unpaired) electrons. The summed E-state index contributed by atoms with van der Waals surface area (Å²) in [5.74, 6) is -2.50. The SMILES string of the molecule is NC(=O)N(Cc1ccccc1)OC(=O)C(F)(F)F. The van der Waals surface area contributed by atoms with E-state index in [9.17, 15) is 22.8 Å². The summed E-state index contributed by atoms with van der Waals surface area (Å²) in [5.41, 5.74) is 5.28. The number of primary amides is 1. The first-order chi connectivity index (χ1) is 8.30. The zero-order valence-corrected chi connectivity index (χ0v) is 8.98. The number of carbonyl (C=O) groups is 2. The molecule has 5 nitrogen and oxygen atoms in total. The molecule has 0 unspecified atom stereocenters. The lowest BCUT2D eigenvalue weighted by atomic mass is 10.2. The van der Waals surface area contributed by atoms with Crippen molar-refractivity contribution in [3.63, 3.8) is 0 Å². The largest absolute Gasteiger partial charge is 0.493 e. The molecule has 1 rings (SSSR count). The van der Waals surface area contributed by atoms with Crippen LogP contribution in [0, 0.1) is 0 Å². The first-order valence-electron chi connectivity index (χ1n) is 4.70. The van der Waals surface area contributed by atoms with Crippen molar-refractivity contribution < 1.29 is 27.6 Å². The van der Waals surface area contributed by atoms with Gasteiger partial charge in [-0.2, -0.15) is 13.2 Å². The number of alkyl halides is 3. The van der Waals surface area contributed by atoms with Gasteiger partial charge in [0.2, 0.25) is 0 Å². The standard InChI is InChI=1S/C10H9F3N2O3/c11-10(12,13)8(16)18-15(9(14)17)6-7-4-2-1-3-5-7/h1-5H,6H2,(H2,14,17). The Morgan fingerprint density at radius 1 is 1.22 bits per heavy atom. The monoisotopic (exact) mass is 262 g/mol. The van der Waals surface area contributed by atoms with Gasteiger partial charge in [-0.3, -0.25) is 0 Å². The van der Waals surface area contributed by atoms with Crippen LogP contribution in [0.5, 0.6) is 0 Å². The fraction of sp³-hybridized carbons (Fsp3) is 0.200. The van der Waals surface area contributed by atoms with Crippen LogP contribution in [-0.4, -0.2) is 23.2 Å². The van der Waals surface area contributed by atoms with E-state index in [1.54, 1.807) is 18.2 Å². The summed E-state index contributed by atoms with van der Waals surface area (Å²) in [6, 6.07) is 6.69. The van der Waals surface area contributed by atoms with Crippen LogP contribution in [0.1, 0.15) is 5.56 Å². The average molecular weight is 262 g/mol. The van der Waals surface area contributed by atoms with Gasteiger partial charge in [-0.25, -0.2) is 9.59 Å². The number of benzene rings is 1. The smallest absolute Gasteiger partial charge is 0.349 e. The van der Waals surface area contributed by atoms with Crippen molar-refractivity contribution in [2.24, 2.45) is 5.73 Å². The molecule has 0 saturated heterocycles. The molecule has 0 bridgehead atoms. The van der Waals surface area contributed by atoms with E-state index in [1.165, 1.54) is 12.1 Å². The van der Waals surface area contributed by atoms with Crippen LogP contribution >= 0.6 is 0 Å². The topological polar surface area (TPSA) is 72.6 Å². The Kier molecular flexibility index (Phi) is 4.13. The molecule has 1 aromatic carbocycles. The quantitative estimate of drug-likeness (QED) is 0.822. The maximum atomic E-state index is 12.0. The van der Waals surface area contributed by atoms with Crippen molar-refractivity contribution in [1.82, 2.24) is 5.06 Å². The van der Waals surface area contributed by atoms with Gasteiger partial charge in [-0.05, 0) is 5.56 Å². The van der Waals surface area contributed by atoms with Gasteiger partial charge in [0, 0.05) is 0 Å². The summed E-state index contributed by atoms with van der Waals surface area (Å²) in [6.07, 6.45) is -5.19. The molecule has 0 spiro atoms. The zero-order chi connectivity index (χ0) is 13.8. The molecule has 2 amide bonds. The van der Waals surface area contributed by atoms with Crippen LogP contribution in [-0.2, 0) is 16.2 Å². The highest BCUT2D eigenvalue weighted by Gasteiger charge is 2.43. The van der Waals surface area contributed by atoms with Crippen molar-refractivity contribution in [2.75, 3.05) is 0 Å². The number of rotatable bonds is 2. The molecule has 0 aliphatic carbocycles. The summed E-state index contributed by atoms with van der Waals surface area (Å²) in [4.78, 5) is 25.3. The Morgan fingerprint density at radius 2 is 1.78 bits per heavy atom. The van der Waals surface area contributed by atoms with Crippen molar-refractivity contribution in [3.05, 3.63) is 35.9 Å². The number of carbonyl (C=O) groups excluding carboxylic acids is 2. The van der Waals surface area contributed by atoms with Crippen LogP contribution < -0.4 is 5.73 Å². The predicted octanol–water partition coefficient (Wildman–Crippen LogP) is 1.59. The molecule has 0 fully saturated rings. The van der Waals surface area contributed by atoms with E-state index < -0.39 is 18.2 Å². The Balaban J connectivity index is 2.73. The third-order valence-corrected chi connectivity index (χ3v) is 1.84. The molecule has 18 heavy (non-hydrogen) atoms. The fourth-order valence-electron chi connectivity index (χ4n) is 1.06. The molecule has 0 aromatic heterocycles. The lowest BCUT2D eigenvalue weighted by Gasteiger charge is -2.19. The van der Waals surface area contributed by atoms with Gasteiger partial charge >= 0.3 is 18.2 Å². The van der Waals surface area contributed by atoms with E-state index in [0.717, 1.165) is 0 Å². The van der Waals surface area contributed by atoms with Gasteiger partial charge in [0.05, 0.1) is 6.54 Å². The van der Waals surface area contributed by atoms with E-state index in [2.05, 4.69) is 4.84 Å². The van der Waals surface area contributed by atoms with Crippen LogP contribution in [0.4, 0.5) is 18.0 Å². The van der Waals surface area contributed by atoms with Crippen LogP contribution in [0.3, 0.4) is 0 Å². The second-order valence-corrected chi connectivity index (χ2v) is 3.24. The van der Waals surface area contributed by atoms with E-state index in [0.29, 0.717) is 5.56 Å². The maximum absolute atomic E-state index is 12.0. The lowest BCUT2D eigenvalue weighted by Crippen LogP contribution is -2.40. The zero-order valence-electron chi connectivity index (χ0n) is 8.98. The number of amides is 2. The molecule has 0 atom stereocenters. The predicted molar refractivity (Wildman–Crippen MR) is 53.7 cm³/mol. The summed E-state index contributed by atoms with van der Waals surface area (Å²) < 4.78 is 35.9. The van der Waals surface area contributed by atoms with E-state index in [-0.39, 0.29) is 11.6 Å². The highest BCUT2D eigenvalue weighted by molar-refractivity contribution is 5.78. The van der Waals surface area contributed by atoms with Gasteiger partial charge in [0.25, 0.3) is 0 Å². The van der Waals surface area contributed by atoms with Crippen LogP contribution in [0.25, 0.3) is 0 Å². The van der Waals surface area contributed by atoms with Crippen molar-refractivity contribution >= 4 is 12.0 Å². The third-order valence-electron chi connectivity index (χ3n) is 1.84. The van der Waals surface area contributed by atoms with Crippen LogP contribution in [0.2, 0.25) is 0 Å². The Morgan fingerprint density at radius 3 is 2.22 bits per heavy atom. The summed E-state index contributed by atoms with van der Waals surface area (Å²) in [6.45, 7) is -0.363. The van der Waals surface area contributed by atoms with E-state index >= 15 is 0 Å². The average Bonchev–Trinajstić information content (AvgIpc) is 2.28. The van der Waals surface area contributed by atoms with E-state index in [4.69, 9.17) is 5.73 Å². The third kappa shape index (κ3) is 3.96. The molecular formula is C10H9F3N2O3. The van der Waals surface area contributed by atoms with Gasteiger partial charge in [-0.1, -0.05) is 30.3 Å². The second-order valence-electron chi connectivity index (χ2n) is 3.24. The first kappa shape index (κ1) is 13.8. The molecular weight excluding hydrogens is 253 g/mol. The van der Waals surface area contributed by atoms with Gasteiger partial charge < -0.3 is 10.6 Å². The summed E-state index contributed by atoms with van der Waals surface area (Å²) in [5, 5.41) is 0.144. The number of nitrogens with two attached hydrogens (primary N) is 1. The van der Waals surface area contributed by atoms with E-state index in [1.807, 2.05) is 0 Å². The molecule has 2 N–H and O–H groups in total. The van der Waals surface area contributed by atoms with Gasteiger partial charge in [-0.15, -0.1) is 5.06 Å². The molecule has 0 saturated carbocycles. The number of hydroxylamine groups is 2. The molecule has 0 aliphatic heterocycles. The van der Waals surface area contributed by atoms with Crippen molar-refractivity contribution in [1.29, 1.82) is 0 Å². The molecule has 8 heteroatoms. The Labute approximate surface area is 99.9 Å². The highest BCUT2D eigenvalue weighted by Crippen LogP contribution is 2.18. The normalized spacial score (nSPS) is 10.8. The number of urea groups is 1. The van der Waals surface area contributed by atoms with Gasteiger partial charge in [0.15, 0.2) is 0 Å². The molecule has 0 aliphatic rings.